The number of fused-ring (bicyclic) bond motifs is 1. The van der Waals surface area contributed by atoms with Crippen LogP contribution in [0.3, 0.4) is 0 Å². The Hall–Kier alpha value is -1.64. The van der Waals surface area contributed by atoms with Crippen LogP contribution in [0.4, 0.5) is 5.00 Å². The summed E-state index contributed by atoms with van der Waals surface area (Å²) in [5.74, 6) is -0.179. The van der Waals surface area contributed by atoms with Crippen LogP contribution in [0.15, 0.2) is 22.7 Å². The lowest BCUT2D eigenvalue weighted by Gasteiger charge is -2.07. The summed E-state index contributed by atoms with van der Waals surface area (Å²) in [7, 11) is 0. The van der Waals surface area contributed by atoms with Crippen LogP contribution < -0.4 is 5.32 Å². The number of hydrogen-bond donors (Lipinski definition) is 1. The first kappa shape index (κ1) is 14.3. The van der Waals surface area contributed by atoms with E-state index in [1.54, 1.807) is 6.07 Å². The fraction of sp³-hybridized carbons (Fsp3) is 0.250. The average molecular weight is 361 g/mol. The van der Waals surface area contributed by atoms with Crippen LogP contribution in [0.1, 0.15) is 38.3 Å². The number of nitrogens with zero attached hydrogens (tertiary/aromatic N) is 1. The van der Waals surface area contributed by atoms with Crippen molar-refractivity contribution in [3.8, 4) is 6.07 Å². The van der Waals surface area contributed by atoms with Gasteiger partial charge in [-0.2, -0.15) is 5.26 Å². The number of carbonyl (C=O) groups excluding carboxylic acids is 1. The maximum Gasteiger partial charge on any atom is 0.257 e. The van der Waals surface area contributed by atoms with Gasteiger partial charge in [0.2, 0.25) is 0 Å². The van der Waals surface area contributed by atoms with Gasteiger partial charge in [0, 0.05) is 9.35 Å². The fourth-order valence-corrected chi connectivity index (χ4v) is 4.28. The van der Waals surface area contributed by atoms with E-state index in [2.05, 4.69) is 27.3 Å². The monoisotopic (exact) mass is 360 g/mol. The largest absolute Gasteiger partial charge is 0.312 e. The van der Waals surface area contributed by atoms with Gasteiger partial charge in [0.15, 0.2) is 0 Å². The van der Waals surface area contributed by atoms with E-state index in [0.717, 1.165) is 34.9 Å². The molecule has 0 saturated carbocycles. The van der Waals surface area contributed by atoms with E-state index in [4.69, 9.17) is 0 Å². The molecular weight excluding hydrogens is 348 g/mol. The maximum absolute atomic E-state index is 12.4. The number of halogens is 1. The Morgan fingerprint density at radius 3 is 3.00 bits per heavy atom. The zero-order chi connectivity index (χ0) is 15.0. The summed E-state index contributed by atoms with van der Waals surface area (Å²) in [6.45, 7) is 1.95. The van der Waals surface area contributed by atoms with Gasteiger partial charge < -0.3 is 5.32 Å². The highest BCUT2D eigenvalue weighted by molar-refractivity contribution is 9.10. The molecule has 1 amide bonds. The maximum atomic E-state index is 12.4. The molecule has 1 N–H and O–H groups in total. The zero-order valence-electron chi connectivity index (χ0n) is 11.5. The van der Waals surface area contributed by atoms with E-state index in [1.807, 2.05) is 19.1 Å². The molecule has 0 fully saturated rings. The van der Waals surface area contributed by atoms with E-state index in [1.165, 1.54) is 16.2 Å². The van der Waals surface area contributed by atoms with Gasteiger partial charge in [-0.3, -0.25) is 4.79 Å². The highest BCUT2D eigenvalue weighted by Crippen LogP contribution is 2.38. The molecule has 0 spiro atoms. The lowest BCUT2D eigenvalue weighted by atomic mass is 10.1. The molecular formula is C16H13BrN2OS. The van der Waals surface area contributed by atoms with E-state index >= 15 is 0 Å². The van der Waals surface area contributed by atoms with Gasteiger partial charge in [0.25, 0.3) is 5.91 Å². The van der Waals surface area contributed by atoms with Crippen molar-refractivity contribution in [1.29, 1.82) is 5.26 Å². The van der Waals surface area contributed by atoms with Gasteiger partial charge in [-0.25, -0.2) is 0 Å². The predicted molar refractivity (Wildman–Crippen MR) is 87.9 cm³/mol. The van der Waals surface area contributed by atoms with Gasteiger partial charge in [-0.05, 0) is 59.3 Å². The Morgan fingerprint density at radius 2 is 2.24 bits per heavy atom. The zero-order valence-corrected chi connectivity index (χ0v) is 13.9. The third-order valence-corrected chi connectivity index (χ3v) is 5.96. The first-order valence-corrected chi connectivity index (χ1v) is 8.34. The van der Waals surface area contributed by atoms with Crippen molar-refractivity contribution >= 4 is 38.2 Å². The Labute approximate surface area is 135 Å². The van der Waals surface area contributed by atoms with Gasteiger partial charge in [0.1, 0.15) is 11.1 Å². The second kappa shape index (κ2) is 5.63. The van der Waals surface area contributed by atoms with Crippen molar-refractivity contribution in [2.75, 3.05) is 5.32 Å². The van der Waals surface area contributed by atoms with Crippen LogP contribution in [-0.4, -0.2) is 5.91 Å². The van der Waals surface area contributed by atoms with Crippen LogP contribution >= 0.6 is 27.3 Å². The normalized spacial score (nSPS) is 12.8. The Balaban J connectivity index is 1.93. The summed E-state index contributed by atoms with van der Waals surface area (Å²) < 4.78 is 0.796. The Kier molecular flexibility index (Phi) is 3.83. The van der Waals surface area contributed by atoms with E-state index < -0.39 is 0 Å². The van der Waals surface area contributed by atoms with Crippen molar-refractivity contribution in [2.45, 2.75) is 26.2 Å². The Morgan fingerprint density at radius 1 is 1.43 bits per heavy atom. The molecule has 106 valence electrons. The van der Waals surface area contributed by atoms with E-state index in [9.17, 15) is 10.1 Å². The van der Waals surface area contributed by atoms with Crippen LogP contribution in [0, 0.1) is 18.3 Å². The summed E-state index contributed by atoms with van der Waals surface area (Å²) >= 11 is 4.99. The van der Waals surface area contributed by atoms with Gasteiger partial charge in [-0.1, -0.05) is 12.1 Å². The molecule has 0 unspecified atom stereocenters. The van der Waals surface area contributed by atoms with Crippen LogP contribution in [0.25, 0.3) is 0 Å². The van der Waals surface area contributed by atoms with Crippen molar-refractivity contribution in [1.82, 2.24) is 0 Å². The second-order valence-corrected chi connectivity index (χ2v) is 6.96. The molecule has 1 aromatic heterocycles. The first-order valence-electron chi connectivity index (χ1n) is 6.73. The number of anilines is 1. The molecule has 0 aliphatic heterocycles. The molecule has 2 aromatic rings. The van der Waals surface area contributed by atoms with Crippen LogP contribution in [0.2, 0.25) is 0 Å². The first-order chi connectivity index (χ1) is 10.1. The number of thiophene rings is 1. The number of nitrogens with one attached hydrogen (secondary N) is 1. The molecule has 21 heavy (non-hydrogen) atoms. The molecule has 0 bridgehead atoms. The quantitative estimate of drug-likeness (QED) is 0.860. The lowest BCUT2D eigenvalue weighted by Crippen LogP contribution is -2.13. The minimum atomic E-state index is -0.179. The number of benzene rings is 1. The molecule has 0 atom stereocenters. The molecule has 0 saturated heterocycles. The Bertz CT molecular complexity index is 773. The number of nitriles is 1. The third kappa shape index (κ3) is 2.50. The number of aryl methyl sites for hydroxylation is 2. The standard InChI is InChI=1S/C16H13BrN2OS/c1-9-4-2-6-11(14(9)17)15(20)19-16-12(8-18)10-5-3-7-13(10)21-16/h2,4,6H,3,5,7H2,1H3,(H,19,20). The summed E-state index contributed by atoms with van der Waals surface area (Å²) in [6.07, 6.45) is 3.06. The summed E-state index contributed by atoms with van der Waals surface area (Å²) in [6, 6.07) is 7.82. The van der Waals surface area contributed by atoms with E-state index in [0.29, 0.717) is 16.1 Å². The molecule has 0 radical (unpaired) electrons. The predicted octanol–water partition coefficient (Wildman–Crippen LogP) is 4.43. The molecule has 3 rings (SSSR count). The van der Waals surface area contributed by atoms with Crippen molar-refractivity contribution in [3.05, 3.63) is 49.8 Å². The third-order valence-electron chi connectivity index (χ3n) is 3.70. The molecule has 3 nitrogen and oxygen atoms in total. The molecule has 1 aliphatic rings. The summed E-state index contributed by atoms with van der Waals surface area (Å²) in [5, 5.41) is 12.9. The van der Waals surface area contributed by atoms with Crippen molar-refractivity contribution in [2.24, 2.45) is 0 Å². The molecule has 1 aromatic carbocycles. The number of rotatable bonds is 2. The minimum absolute atomic E-state index is 0.179. The van der Waals surface area contributed by atoms with Gasteiger partial charge >= 0.3 is 0 Å². The summed E-state index contributed by atoms with van der Waals surface area (Å²) in [5.41, 5.74) is 3.37. The van der Waals surface area contributed by atoms with Crippen molar-refractivity contribution in [3.63, 3.8) is 0 Å². The number of carbonyl (C=O) groups is 1. The molecule has 1 aliphatic carbocycles. The van der Waals surface area contributed by atoms with Gasteiger partial charge in [0.05, 0.1) is 11.1 Å². The van der Waals surface area contributed by atoms with Crippen LogP contribution in [-0.2, 0) is 12.8 Å². The number of amides is 1. The topological polar surface area (TPSA) is 52.9 Å². The lowest BCUT2D eigenvalue weighted by molar-refractivity contribution is 0.102. The second-order valence-electron chi connectivity index (χ2n) is 5.06. The molecule has 5 heteroatoms. The fourth-order valence-electron chi connectivity index (χ4n) is 2.60. The summed E-state index contributed by atoms with van der Waals surface area (Å²) in [4.78, 5) is 13.7. The highest BCUT2D eigenvalue weighted by Gasteiger charge is 2.23. The van der Waals surface area contributed by atoms with Crippen LogP contribution in [0.5, 0.6) is 0 Å². The van der Waals surface area contributed by atoms with Crippen molar-refractivity contribution < 1.29 is 4.79 Å². The van der Waals surface area contributed by atoms with E-state index in [-0.39, 0.29) is 5.91 Å². The average Bonchev–Trinajstić information content (AvgIpc) is 3.02. The highest BCUT2D eigenvalue weighted by atomic mass is 79.9. The molecule has 1 heterocycles. The smallest absolute Gasteiger partial charge is 0.257 e. The minimum Gasteiger partial charge on any atom is -0.312 e. The SMILES string of the molecule is Cc1cccc(C(=O)Nc2sc3c(c2C#N)CCC3)c1Br. The number of hydrogen-bond acceptors (Lipinski definition) is 3. The van der Waals surface area contributed by atoms with Gasteiger partial charge in [-0.15, -0.1) is 11.3 Å².